The molecule has 0 bridgehead atoms. The highest BCUT2D eigenvalue weighted by molar-refractivity contribution is 7.13. The van der Waals surface area contributed by atoms with Crippen LogP contribution in [0.4, 0.5) is 0 Å². The van der Waals surface area contributed by atoms with E-state index >= 15 is 0 Å². The number of carbonyl (C=O) groups excluding carboxylic acids is 1. The summed E-state index contributed by atoms with van der Waals surface area (Å²) in [6.07, 6.45) is 3.74. The number of allylic oxidation sites excluding steroid dienone is 1. The van der Waals surface area contributed by atoms with Gasteiger partial charge in [0, 0.05) is 11.8 Å². The summed E-state index contributed by atoms with van der Waals surface area (Å²) in [5.74, 6) is 0.862. The van der Waals surface area contributed by atoms with Gasteiger partial charge in [0.1, 0.15) is 11.4 Å². The highest BCUT2D eigenvalue weighted by Crippen LogP contribution is 2.36. The predicted octanol–water partition coefficient (Wildman–Crippen LogP) is 5.83. The van der Waals surface area contributed by atoms with Crippen LogP contribution in [0.5, 0.6) is 5.75 Å². The van der Waals surface area contributed by atoms with Crippen LogP contribution in [0.3, 0.4) is 0 Å². The van der Waals surface area contributed by atoms with Gasteiger partial charge < -0.3 is 4.74 Å². The lowest BCUT2D eigenvalue weighted by molar-refractivity contribution is 0.101. The first kappa shape index (κ1) is 17.6. The van der Waals surface area contributed by atoms with Gasteiger partial charge in [-0.1, -0.05) is 24.3 Å². The monoisotopic (exact) mass is 398 g/mol. The van der Waals surface area contributed by atoms with Crippen LogP contribution in [0.2, 0.25) is 0 Å². The zero-order chi connectivity index (χ0) is 20.0. The standard InChI is InChI=1S/C24H18N2O2S/c1-15-11-19-20(12-16(15)2)28-21(24(19)27)13-17-14-26(18-7-4-3-5-8-18)25-23(17)22-9-6-10-29-22/h3-14H,1-2H3/b21-13-. The lowest BCUT2D eigenvalue weighted by Gasteiger charge is -2.02. The van der Waals surface area contributed by atoms with Crippen molar-refractivity contribution < 1.29 is 9.53 Å². The van der Waals surface area contributed by atoms with Crippen molar-refractivity contribution in [3.8, 4) is 22.0 Å². The Bertz CT molecular complexity index is 1250. The Balaban J connectivity index is 1.61. The lowest BCUT2D eigenvalue weighted by Crippen LogP contribution is -1.98. The maximum Gasteiger partial charge on any atom is 0.231 e. The summed E-state index contributed by atoms with van der Waals surface area (Å²) in [6, 6.07) is 17.8. The largest absolute Gasteiger partial charge is 0.452 e. The number of carbonyl (C=O) groups is 1. The third kappa shape index (κ3) is 3.09. The molecule has 4 nitrogen and oxygen atoms in total. The Hall–Kier alpha value is -3.44. The molecular weight excluding hydrogens is 380 g/mol. The molecule has 2 aromatic heterocycles. The SMILES string of the molecule is Cc1cc2c(cc1C)C(=O)/C(=C/c1cn(-c3ccccc3)nc1-c1cccs1)O2. The van der Waals surface area contributed by atoms with E-state index in [2.05, 4.69) is 0 Å². The summed E-state index contributed by atoms with van der Waals surface area (Å²) >= 11 is 1.62. The van der Waals surface area contributed by atoms with Crippen LogP contribution in [0.1, 0.15) is 27.0 Å². The Morgan fingerprint density at radius 2 is 1.83 bits per heavy atom. The zero-order valence-electron chi connectivity index (χ0n) is 16.0. The molecule has 0 radical (unpaired) electrons. The third-order valence-electron chi connectivity index (χ3n) is 5.09. The maximum absolute atomic E-state index is 12.9. The van der Waals surface area contributed by atoms with E-state index in [4.69, 9.17) is 9.84 Å². The molecule has 0 unspecified atom stereocenters. The van der Waals surface area contributed by atoms with Gasteiger partial charge in [0.15, 0.2) is 5.76 Å². The number of Topliss-reactive ketones (excluding diaryl/α,β-unsaturated/α-hetero) is 1. The minimum atomic E-state index is -0.0901. The molecule has 142 valence electrons. The van der Waals surface area contributed by atoms with E-state index in [9.17, 15) is 4.79 Å². The molecule has 3 heterocycles. The molecule has 0 saturated carbocycles. The van der Waals surface area contributed by atoms with Gasteiger partial charge in [0.25, 0.3) is 0 Å². The van der Waals surface area contributed by atoms with Crippen molar-refractivity contribution in [2.24, 2.45) is 0 Å². The molecule has 0 N–H and O–H groups in total. The average Bonchev–Trinajstić information content (AvgIpc) is 3.45. The Labute approximate surface area is 172 Å². The number of rotatable bonds is 3. The average molecular weight is 398 g/mol. The minimum Gasteiger partial charge on any atom is -0.452 e. The van der Waals surface area contributed by atoms with Crippen LogP contribution in [0.15, 0.2) is 71.9 Å². The van der Waals surface area contributed by atoms with Crippen LogP contribution >= 0.6 is 11.3 Å². The quantitative estimate of drug-likeness (QED) is 0.408. The number of aromatic nitrogens is 2. The van der Waals surface area contributed by atoms with Gasteiger partial charge in [-0.2, -0.15) is 5.10 Å². The number of para-hydroxylation sites is 1. The number of hydrogen-bond acceptors (Lipinski definition) is 4. The summed E-state index contributed by atoms with van der Waals surface area (Å²) in [7, 11) is 0. The van der Waals surface area contributed by atoms with E-state index in [-0.39, 0.29) is 5.78 Å². The number of ketones is 1. The molecule has 0 fully saturated rings. The Kier molecular flexibility index (Phi) is 4.18. The zero-order valence-corrected chi connectivity index (χ0v) is 16.9. The molecule has 1 aliphatic heterocycles. The first-order chi connectivity index (χ1) is 14.1. The fraction of sp³-hybridized carbons (Fsp3) is 0.0833. The number of nitrogens with zero attached hydrogens (tertiary/aromatic N) is 2. The van der Waals surface area contributed by atoms with Crippen LogP contribution in [0.25, 0.3) is 22.3 Å². The van der Waals surface area contributed by atoms with E-state index in [0.29, 0.717) is 17.1 Å². The number of hydrogen-bond donors (Lipinski definition) is 0. The maximum atomic E-state index is 12.9. The minimum absolute atomic E-state index is 0.0901. The Morgan fingerprint density at radius 1 is 1.03 bits per heavy atom. The molecule has 4 aromatic rings. The fourth-order valence-corrected chi connectivity index (χ4v) is 4.13. The molecular formula is C24H18N2O2S. The normalized spacial score (nSPS) is 14.3. The van der Waals surface area contributed by atoms with E-state index in [1.54, 1.807) is 17.4 Å². The van der Waals surface area contributed by atoms with Crippen molar-refractivity contribution in [2.75, 3.05) is 0 Å². The van der Waals surface area contributed by atoms with Crippen molar-refractivity contribution in [1.29, 1.82) is 0 Å². The third-order valence-corrected chi connectivity index (χ3v) is 5.97. The summed E-state index contributed by atoms with van der Waals surface area (Å²) in [5, 5.41) is 6.80. The molecule has 0 amide bonds. The van der Waals surface area contributed by atoms with E-state index in [0.717, 1.165) is 32.9 Å². The lowest BCUT2D eigenvalue weighted by atomic mass is 10.0. The number of fused-ring (bicyclic) bond motifs is 1. The molecule has 0 aliphatic carbocycles. The summed E-state index contributed by atoms with van der Waals surface area (Å²) < 4.78 is 7.76. The van der Waals surface area contributed by atoms with Crippen molar-refractivity contribution in [2.45, 2.75) is 13.8 Å². The summed E-state index contributed by atoms with van der Waals surface area (Å²) in [6.45, 7) is 4.02. The number of aryl methyl sites for hydroxylation is 2. The molecule has 5 heteroatoms. The molecule has 2 aromatic carbocycles. The van der Waals surface area contributed by atoms with Crippen molar-refractivity contribution in [1.82, 2.24) is 9.78 Å². The highest BCUT2D eigenvalue weighted by atomic mass is 32.1. The summed E-state index contributed by atoms with van der Waals surface area (Å²) in [4.78, 5) is 14.0. The van der Waals surface area contributed by atoms with Gasteiger partial charge in [-0.3, -0.25) is 4.79 Å². The highest BCUT2D eigenvalue weighted by Gasteiger charge is 2.28. The van der Waals surface area contributed by atoms with Gasteiger partial charge >= 0.3 is 0 Å². The van der Waals surface area contributed by atoms with Crippen LogP contribution in [0, 0.1) is 13.8 Å². The van der Waals surface area contributed by atoms with Crippen LogP contribution in [-0.2, 0) is 0 Å². The molecule has 0 atom stereocenters. The molecule has 0 saturated heterocycles. The second-order valence-electron chi connectivity index (χ2n) is 7.06. The number of ether oxygens (including phenoxy) is 1. The Morgan fingerprint density at radius 3 is 2.59 bits per heavy atom. The van der Waals surface area contributed by atoms with Gasteiger partial charge in [0.05, 0.1) is 16.1 Å². The topological polar surface area (TPSA) is 44.1 Å². The number of benzene rings is 2. The van der Waals surface area contributed by atoms with Crippen molar-refractivity contribution >= 4 is 23.2 Å². The van der Waals surface area contributed by atoms with E-state index in [1.807, 2.05) is 84.7 Å². The molecule has 1 aliphatic rings. The van der Waals surface area contributed by atoms with Crippen molar-refractivity contribution in [3.63, 3.8) is 0 Å². The smallest absolute Gasteiger partial charge is 0.231 e. The van der Waals surface area contributed by atoms with E-state index < -0.39 is 0 Å². The van der Waals surface area contributed by atoms with E-state index in [1.165, 1.54) is 0 Å². The number of thiophene rings is 1. The molecule has 0 spiro atoms. The van der Waals surface area contributed by atoms with Crippen molar-refractivity contribution in [3.05, 3.63) is 94.2 Å². The summed E-state index contributed by atoms with van der Waals surface area (Å²) in [5.41, 5.74) is 5.44. The molecule has 5 rings (SSSR count). The van der Waals surface area contributed by atoms with Crippen LogP contribution < -0.4 is 4.74 Å². The van der Waals surface area contributed by atoms with Gasteiger partial charge in [-0.15, -0.1) is 11.3 Å². The van der Waals surface area contributed by atoms with Gasteiger partial charge in [0.2, 0.25) is 5.78 Å². The second-order valence-corrected chi connectivity index (χ2v) is 8.01. The fourth-order valence-electron chi connectivity index (χ4n) is 3.40. The second kappa shape index (κ2) is 6.87. The first-order valence-corrected chi connectivity index (χ1v) is 10.2. The van der Waals surface area contributed by atoms with Gasteiger partial charge in [-0.25, -0.2) is 4.68 Å². The predicted molar refractivity (Wildman–Crippen MR) is 116 cm³/mol. The molecule has 29 heavy (non-hydrogen) atoms. The van der Waals surface area contributed by atoms with Gasteiger partial charge in [-0.05, 0) is 66.8 Å². The van der Waals surface area contributed by atoms with Crippen LogP contribution in [-0.4, -0.2) is 15.6 Å². The first-order valence-electron chi connectivity index (χ1n) is 9.34.